The number of halogens is 4. The SMILES string of the molecule is CC1(C)CN(C(=O)Nc2ccc(F)cc2)CCN1c1ccc(C#N)c(C(F)(F)F)c1. The molecule has 5 nitrogen and oxygen atoms in total. The van der Waals surface area contributed by atoms with Gasteiger partial charge in [0.05, 0.1) is 22.7 Å². The summed E-state index contributed by atoms with van der Waals surface area (Å²) in [5.41, 5.74) is -1.28. The van der Waals surface area contributed by atoms with Crippen LogP contribution in [-0.2, 0) is 6.18 Å². The first kappa shape index (κ1) is 21.4. The molecule has 1 saturated heterocycles. The molecule has 0 saturated carbocycles. The van der Waals surface area contributed by atoms with Crippen molar-refractivity contribution in [3.63, 3.8) is 0 Å². The Hall–Kier alpha value is -3.28. The smallest absolute Gasteiger partial charge is 0.363 e. The van der Waals surface area contributed by atoms with Gasteiger partial charge in [-0.1, -0.05) is 0 Å². The van der Waals surface area contributed by atoms with Crippen molar-refractivity contribution >= 4 is 17.4 Å². The molecule has 0 spiro atoms. The van der Waals surface area contributed by atoms with Crippen molar-refractivity contribution in [1.29, 1.82) is 5.26 Å². The number of carbonyl (C=O) groups excluding carboxylic acids is 1. The lowest BCUT2D eigenvalue weighted by molar-refractivity contribution is -0.137. The summed E-state index contributed by atoms with van der Waals surface area (Å²) < 4.78 is 53.0. The van der Waals surface area contributed by atoms with Crippen LogP contribution in [0.3, 0.4) is 0 Å². The van der Waals surface area contributed by atoms with E-state index in [-0.39, 0.29) is 19.1 Å². The number of amides is 2. The standard InChI is InChI=1S/C21H20F4N4O/c1-20(2)13-28(19(30)27-16-6-4-15(22)5-7-16)9-10-29(20)17-8-3-14(12-26)18(11-17)21(23,24)25/h3-8,11H,9-10,13H2,1-2H3,(H,27,30). The molecule has 158 valence electrons. The summed E-state index contributed by atoms with van der Waals surface area (Å²) in [6, 6.07) is 10.2. The van der Waals surface area contributed by atoms with E-state index in [4.69, 9.17) is 5.26 Å². The van der Waals surface area contributed by atoms with Gasteiger partial charge in [0.15, 0.2) is 0 Å². The number of rotatable bonds is 2. The van der Waals surface area contributed by atoms with Gasteiger partial charge in [-0.05, 0) is 56.3 Å². The minimum absolute atomic E-state index is 0.265. The number of urea groups is 1. The second-order valence-corrected chi connectivity index (χ2v) is 7.66. The molecule has 0 unspecified atom stereocenters. The van der Waals surface area contributed by atoms with Gasteiger partial charge in [-0.3, -0.25) is 0 Å². The van der Waals surface area contributed by atoms with Crippen molar-refractivity contribution in [2.75, 3.05) is 29.9 Å². The van der Waals surface area contributed by atoms with Crippen LogP contribution in [0.25, 0.3) is 0 Å². The highest BCUT2D eigenvalue weighted by Crippen LogP contribution is 2.36. The van der Waals surface area contributed by atoms with Crippen LogP contribution in [0.15, 0.2) is 42.5 Å². The highest BCUT2D eigenvalue weighted by atomic mass is 19.4. The topological polar surface area (TPSA) is 59.4 Å². The Bertz CT molecular complexity index is 980. The van der Waals surface area contributed by atoms with Gasteiger partial charge >= 0.3 is 12.2 Å². The Morgan fingerprint density at radius 3 is 2.37 bits per heavy atom. The second-order valence-electron chi connectivity index (χ2n) is 7.66. The van der Waals surface area contributed by atoms with Gasteiger partial charge in [0, 0.05) is 31.0 Å². The quantitative estimate of drug-likeness (QED) is 0.707. The van der Waals surface area contributed by atoms with Gasteiger partial charge < -0.3 is 15.1 Å². The molecule has 2 amide bonds. The van der Waals surface area contributed by atoms with E-state index >= 15 is 0 Å². The van der Waals surface area contributed by atoms with Crippen LogP contribution in [0.4, 0.5) is 33.7 Å². The molecule has 0 aromatic heterocycles. The first-order valence-corrected chi connectivity index (χ1v) is 9.22. The Morgan fingerprint density at radius 1 is 1.13 bits per heavy atom. The fourth-order valence-electron chi connectivity index (χ4n) is 3.57. The second kappa shape index (κ2) is 7.86. The number of anilines is 2. The van der Waals surface area contributed by atoms with Crippen LogP contribution in [0.1, 0.15) is 25.0 Å². The van der Waals surface area contributed by atoms with Crippen molar-refractivity contribution in [2.45, 2.75) is 25.6 Å². The fourth-order valence-corrected chi connectivity index (χ4v) is 3.57. The Labute approximate surface area is 171 Å². The molecule has 2 aromatic rings. The van der Waals surface area contributed by atoms with Crippen molar-refractivity contribution in [2.24, 2.45) is 0 Å². The summed E-state index contributed by atoms with van der Waals surface area (Å²) in [6.45, 7) is 4.53. The number of alkyl halides is 3. The minimum atomic E-state index is -4.64. The van der Waals surface area contributed by atoms with E-state index in [1.165, 1.54) is 36.4 Å². The third kappa shape index (κ3) is 4.48. The van der Waals surface area contributed by atoms with Gasteiger partial charge in [0.2, 0.25) is 0 Å². The molecule has 1 heterocycles. The number of hydrogen-bond acceptors (Lipinski definition) is 3. The van der Waals surface area contributed by atoms with Crippen LogP contribution < -0.4 is 10.2 Å². The van der Waals surface area contributed by atoms with E-state index in [0.29, 0.717) is 17.9 Å². The van der Waals surface area contributed by atoms with Gasteiger partial charge in [-0.15, -0.1) is 0 Å². The highest BCUT2D eigenvalue weighted by molar-refractivity contribution is 5.89. The number of benzene rings is 2. The molecule has 0 bridgehead atoms. The monoisotopic (exact) mass is 420 g/mol. The van der Waals surface area contributed by atoms with E-state index in [1.807, 2.05) is 13.8 Å². The van der Waals surface area contributed by atoms with E-state index in [0.717, 1.165) is 6.07 Å². The van der Waals surface area contributed by atoms with E-state index in [2.05, 4.69) is 5.32 Å². The molecule has 2 aromatic carbocycles. The molecule has 0 radical (unpaired) electrons. The number of nitriles is 1. The molecular formula is C21H20F4N4O. The molecule has 9 heteroatoms. The number of nitrogens with zero attached hydrogens (tertiary/aromatic N) is 3. The molecule has 0 atom stereocenters. The van der Waals surface area contributed by atoms with Crippen LogP contribution in [0.2, 0.25) is 0 Å². The van der Waals surface area contributed by atoms with Gasteiger partial charge in [0.1, 0.15) is 5.82 Å². The maximum atomic E-state index is 13.3. The highest BCUT2D eigenvalue weighted by Gasteiger charge is 2.38. The Balaban J connectivity index is 1.77. The Kier molecular flexibility index (Phi) is 5.61. The molecule has 1 fully saturated rings. The number of nitrogens with one attached hydrogen (secondary N) is 1. The van der Waals surface area contributed by atoms with Crippen LogP contribution >= 0.6 is 0 Å². The first-order valence-electron chi connectivity index (χ1n) is 9.22. The predicted octanol–water partition coefficient (Wildman–Crippen LogP) is 4.85. The van der Waals surface area contributed by atoms with Gasteiger partial charge in [0.25, 0.3) is 0 Å². The maximum Gasteiger partial charge on any atom is 0.417 e. The summed E-state index contributed by atoms with van der Waals surface area (Å²) in [5, 5.41) is 11.7. The minimum Gasteiger partial charge on any atom is -0.363 e. The lowest BCUT2D eigenvalue weighted by Gasteiger charge is -2.48. The van der Waals surface area contributed by atoms with Crippen molar-refractivity contribution in [3.8, 4) is 6.07 Å². The summed E-state index contributed by atoms with van der Waals surface area (Å²) >= 11 is 0. The summed E-state index contributed by atoms with van der Waals surface area (Å²) in [4.78, 5) is 15.9. The average molecular weight is 420 g/mol. The van der Waals surface area contributed by atoms with E-state index in [9.17, 15) is 22.4 Å². The lowest BCUT2D eigenvalue weighted by Crippen LogP contribution is -2.61. The van der Waals surface area contributed by atoms with Crippen molar-refractivity contribution < 1.29 is 22.4 Å². The van der Waals surface area contributed by atoms with Gasteiger partial charge in [-0.2, -0.15) is 18.4 Å². The zero-order valence-corrected chi connectivity index (χ0v) is 16.4. The van der Waals surface area contributed by atoms with E-state index < -0.39 is 28.7 Å². The number of carbonyl (C=O) groups is 1. The molecule has 1 aliphatic rings. The largest absolute Gasteiger partial charge is 0.417 e. The molecular weight excluding hydrogens is 400 g/mol. The summed E-state index contributed by atoms with van der Waals surface area (Å²) in [6.07, 6.45) is -4.64. The predicted molar refractivity (Wildman–Crippen MR) is 105 cm³/mol. The molecule has 1 N–H and O–H groups in total. The average Bonchev–Trinajstić information content (AvgIpc) is 2.68. The fraction of sp³-hybridized carbons (Fsp3) is 0.333. The van der Waals surface area contributed by atoms with E-state index in [1.54, 1.807) is 15.9 Å². The third-order valence-electron chi connectivity index (χ3n) is 5.03. The molecule has 1 aliphatic heterocycles. The van der Waals surface area contributed by atoms with Crippen LogP contribution in [-0.4, -0.2) is 36.1 Å². The molecule has 30 heavy (non-hydrogen) atoms. The normalized spacial score (nSPS) is 16.2. The number of hydrogen-bond donors (Lipinski definition) is 1. The zero-order chi connectivity index (χ0) is 22.1. The van der Waals surface area contributed by atoms with Crippen molar-refractivity contribution in [1.82, 2.24) is 4.90 Å². The maximum absolute atomic E-state index is 13.3. The third-order valence-corrected chi connectivity index (χ3v) is 5.03. The first-order chi connectivity index (χ1) is 14.0. The van der Waals surface area contributed by atoms with Gasteiger partial charge in [-0.25, -0.2) is 9.18 Å². The summed E-state index contributed by atoms with van der Waals surface area (Å²) in [7, 11) is 0. The summed E-state index contributed by atoms with van der Waals surface area (Å²) in [5.74, 6) is -0.414. The zero-order valence-electron chi connectivity index (χ0n) is 16.4. The molecule has 0 aliphatic carbocycles. The lowest BCUT2D eigenvalue weighted by atomic mass is 9.96. The van der Waals surface area contributed by atoms with Crippen molar-refractivity contribution in [3.05, 3.63) is 59.4 Å². The molecule has 3 rings (SSSR count). The van der Waals surface area contributed by atoms with Crippen LogP contribution in [0, 0.1) is 17.1 Å². The van der Waals surface area contributed by atoms with Crippen LogP contribution in [0.5, 0.6) is 0 Å². The Morgan fingerprint density at radius 2 is 1.80 bits per heavy atom. The number of piperazine rings is 1.